The zero-order chi connectivity index (χ0) is 22.1. The third kappa shape index (κ3) is 3.87. The van der Waals surface area contributed by atoms with E-state index in [0.717, 1.165) is 36.1 Å². The van der Waals surface area contributed by atoms with Gasteiger partial charge in [0, 0.05) is 36.3 Å². The molecule has 1 aliphatic rings. The summed E-state index contributed by atoms with van der Waals surface area (Å²) in [4.78, 5) is 22.9. The fourth-order valence-electron chi connectivity index (χ4n) is 3.62. The first-order valence-corrected chi connectivity index (χ1v) is 9.97. The van der Waals surface area contributed by atoms with Crippen LogP contribution >= 0.6 is 0 Å². The topological polar surface area (TPSA) is 96.0 Å². The number of hydrogen-bond donors (Lipinski definition) is 2. The Labute approximate surface area is 181 Å². The fourth-order valence-corrected chi connectivity index (χ4v) is 3.62. The number of anilines is 2. The number of ether oxygens (including phenoxy) is 1. The van der Waals surface area contributed by atoms with Crippen LogP contribution in [0.5, 0.6) is 0 Å². The maximum Gasteiger partial charge on any atom is 0.278 e. The smallest absolute Gasteiger partial charge is 0.278 e. The van der Waals surface area contributed by atoms with Crippen LogP contribution in [0.2, 0.25) is 0 Å². The normalized spacial score (nSPS) is 14.0. The second kappa shape index (κ2) is 8.31. The number of rotatable bonds is 4. The Balaban J connectivity index is 1.46. The highest BCUT2D eigenvalue weighted by molar-refractivity contribution is 6.11. The molecule has 1 aromatic carbocycles. The first kappa shape index (κ1) is 20.0. The highest BCUT2D eigenvalue weighted by Gasteiger charge is 2.18. The van der Waals surface area contributed by atoms with E-state index < -0.39 is 17.5 Å². The Morgan fingerprint density at radius 1 is 1.06 bits per heavy atom. The van der Waals surface area contributed by atoms with Crippen molar-refractivity contribution < 1.29 is 18.3 Å². The number of amides is 1. The van der Waals surface area contributed by atoms with Crippen molar-refractivity contribution in [3.05, 3.63) is 66.3 Å². The van der Waals surface area contributed by atoms with E-state index in [0.29, 0.717) is 30.2 Å². The van der Waals surface area contributed by atoms with Crippen molar-refractivity contribution in [1.82, 2.24) is 20.2 Å². The van der Waals surface area contributed by atoms with Crippen LogP contribution in [0, 0.1) is 11.6 Å². The molecule has 0 bridgehead atoms. The Morgan fingerprint density at radius 2 is 1.91 bits per heavy atom. The molecule has 4 aromatic rings. The summed E-state index contributed by atoms with van der Waals surface area (Å²) in [5.41, 5.74) is 3.44. The van der Waals surface area contributed by atoms with Gasteiger partial charge in [0.2, 0.25) is 0 Å². The minimum atomic E-state index is -0.968. The van der Waals surface area contributed by atoms with Gasteiger partial charge in [-0.05, 0) is 23.8 Å². The number of pyridine rings is 2. The molecule has 1 saturated heterocycles. The van der Waals surface area contributed by atoms with Gasteiger partial charge in [-0.1, -0.05) is 6.07 Å². The number of nitrogens with one attached hydrogen (secondary N) is 2. The molecule has 1 amide bonds. The number of aromatic nitrogens is 4. The highest BCUT2D eigenvalue weighted by atomic mass is 19.1. The molecule has 5 rings (SSSR count). The molecule has 8 nitrogen and oxygen atoms in total. The van der Waals surface area contributed by atoms with Gasteiger partial charge in [-0.3, -0.25) is 14.9 Å². The second-order valence-electron chi connectivity index (χ2n) is 7.30. The summed E-state index contributed by atoms with van der Waals surface area (Å²) in [5.74, 6) is -2.83. The summed E-state index contributed by atoms with van der Waals surface area (Å²) >= 11 is 0. The molecule has 0 atom stereocenters. The van der Waals surface area contributed by atoms with Crippen molar-refractivity contribution in [3.63, 3.8) is 0 Å². The van der Waals surface area contributed by atoms with E-state index in [9.17, 15) is 13.6 Å². The molecule has 32 heavy (non-hydrogen) atoms. The summed E-state index contributed by atoms with van der Waals surface area (Å²) in [6, 6.07) is 8.23. The molecule has 162 valence electrons. The lowest BCUT2D eigenvalue weighted by Crippen LogP contribution is -2.36. The van der Waals surface area contributed by atoms with Gasteiger partial charge < -0.3 is 15.0 Å². The van der Waals surface area contributed by atoms with Crippen LogP contribution < -0.4 is 10.2 Å². The number of H-pyrrole nitrogens is 1. The molecule has 3 aromatic heterocycles. The van der Waals surface area contributed by atoms with E-state index in [1.165, 1.54) is 0 Å². The summed E-state index contributed by atoms with van der Waals surface area (Å²) in [7, 11) is 0. The van der Waals surface area contributed by atoms with E-state index in [4.69, 9.17) is 4.74 Å². The number of benzene rings is 1. The first-order valence-electron chi connectivity index (χ1n) is 9.97. The zero-order valence-corrected chi connectivity index (χ0v) is 16.8. The molecule has 0 aliphatic carbocycles. The second-order valence-corrected chi connectivity index (χ2v) is 7.30. The molecular formula is C22H18F2N6O2. The summed E-state index contributed by atoms with van der Waals surface area (Å²) in [6.07, 6.45) is 4.39. The van der Waals surface area contributed by atoms with Crippen molar-refractivity contribution >= 4 is 28.3 Å². The lowest BCUT2D eigenvalue weighted by atomic mass is 10.0. The van der Waals surface area contributed by atoms with Crippen LogP contribution in [-0.4, -0.2) is 52.4 Å². The van der Waals surface area contributed by atoms with Crippen LogP contribution in [0.4, 0.5) is 20.3 Å². The molecule has 1 aliphatic heterocycles. The SMILES string of the molecule is O=C(Nc1ncc(F)cc1F)c1n[nH]c2ccc(-c3cncc(N4CCOCC4)c3)cc12. The minimum absolute atomic E-state index is 0.0738. The molecule has 0 spiro atoms. The van der Waals surface area contributed by atoms with Gasteiger partial charge in [-0.25, -0.2) is 13.8 Å². The summed E-state index contributed by atoms with van der Waals surface area (Å²) < 4.78 is 32.4. The molecule has 0 saturated carbocycles. The Hall–Kier alpha value is -3.92. The van der Waals surface area contributed by atoms with Crippen LogP contribution in [0.25, 0.3) is 22.0 Å². The molecule has 0 unspecified atom stereocenters. The van der Waals surface area contributed by atoms with E-state index in [2.05, 4.69) is 30.4 Å². The Kier molecular flexibility index (Phi) is 5.20. The van der Waals surface area contributed by atoms with Crippen LogP contribution in [0.3, 0.4) is 0 Å². The zero-order valence-electron chi connectivity index (χ0n) is 16.8. The van der Waals surface area contributed by atoms with Crippen molar-refractivity contribution in [1.29, 1.82) is 0 Å². The van der Waals surface area contributed by atoms with Crippen molar-refractivity contribution in [3.8, 4) is 11.1 Å². The van der Waals surface area contributed by atoms with Crippen molar-refractivity contribution in [2.75, 3.05) is 36.5 Å². The van der Waals surface area contributed by atoms with Crippen LogP contribution in [0.15, 0.2) is 48.9 Å². The van der Waals surface area contributed by atoms with Gasteiger partial charge in [0.15, 0.2) is 17.3 Å². The first-order chi connectivity index (χ1) is 15.6. The fraction of sp³-hybridized carbons (Fsp3) is 0.182. The van der Waals surface area contributed by atoms with E-state index >= 15 is 0 Å². The van der Waals surface area contributed by atoms with E-state index in [1.54, 1.807) is 6.20 Å². The van der Waals surface area contributed by atoms with E-state index in [1.807, 2.05) is 30.5 Å². The van der Waals surface area contributed by atoms with E-state index in [-0.39, 0.29) is 11.5 Å². The number of morpholine rings is 1. The number of aromatic amines is 1. The van der Waals surface area contributed by atoms with Gasteiger partial charge >= 0.3 is 0 Å². The molecule has 2 N–H and O–H groups in total. The van der Waals surface area contributed by atoms with Gasteiger partial charge in [-0.15, -0.1) is 0 Å². The lowest BCUT2D eigenvalue weighted by molar-refractivity contribution is 0.102. The number of fused-ring (bicyclic) bond motifs is 1. The van der Waals surface area contributed by atoms with Crippen molar-refractivity contribution in [2.45, 2.75) is 0 Å². The Morgan fingerprint density at radius 3 is 2.72 bits per heavy atom. The monoisotopic (exact) mass is 436 g/mol. The number of halogens is 2. The molecule has 10 heteroatoms. The minimum Gasteiger partial charge on any atom is -0.378 e. The number of carbonyl (C=O) groups excluding carboxylic acids is 1. The largest absolute Gasteiger partial charge is 0.378 e. The number of carbonyl (C=O) groups is 1. The molecule has 0 radical (unpaired) electrons. The van der Waals surface area contributed by atoms with Gasteiger partial charge in [0.1, 0.15) is 5.82 Å². The van der Waals surface area contributed by atoms with Crippen molar-refractivity contribution in [2.24, 2.45) is 0 Å². The average molecular weight is 436 g/mol. The maximum absolute atomic E-state index is 13.9. The van der Waals surface area contributed by atoms with Crippen LogP contribution in [0.1, 0.15) is 10.5 Å². The lowest BCUT2D eigenvalue weighted by Gasteiger charge is -2.28. The number of nitrogens with zero attached hydrogens (tertiary/aromatic N) is 4. The summed E-state index contributed by atoms with van der Waals surface area (Å²) in [6.45, 7) is 2.94. The summed E-state index contributed by atoms with van der Waals surface area (Å²) in [5, 5.41) is 9.76. The average Bonchev–Trinajstić information content (AvgIpc) is 3.25. The third-order valence-corrected chi connectivity index (χ3v) is 5.25. The standard InChI is InChI=1S/C22H18F2N6O2/c23-15-9-18(24)21(26-11-15)27-22(31)20-17-8-13(1-2-19(17)28-29-20)14-7-16(12-25-10-14)30-3-5-32-6-4-30/h1-2,7-12H,3-6H2,(H,28,29)(H,26,27,31). The molecular weight excluding hydrogens is 418 g/mol. The maximum atomic E-state index is 13.9. The van der Waals surface area contributed by atoms with Gasteiger partial charge in [-0.2, -0.15) is 5.10 Å². The Bertz CT molecular complexity index is 1300. The number of hydrogen-bond acceptors (Lipinski definition) is 6. The predicted octanol–water partition coefficient (Wildman–Crippen LogP) is 3.39. The quantitative estimate of drug-likeness (QED) is 0.509. The van der Waals surface area contributed by atoms with Gasteiger partial charge in [0.25, 0.3) is 5.91 Å². The molecule has 4 heterocycles. The molecule has 1 fully saturated rings. The predicted molar refractivity (Wildman–Crippen MR) is 114 cm³/mol. The van der Waals surface area contributed by atoms with Crippen LogP contribution in [-0.2, 0) is 4.74 Å². The third-order valence-electron chi connectivity index (χ3n) is 5.25. The highest BCUT2D eigenvalue weighted by Crippen LogP contribution is 2.28. The van der Waals surface area contributed by atoms with Gasteiger partial charge in [0.05, 0.1) is 36.8 Å².